The molecule has 2 fully saturated rings. The number of aromatic nitrogens is 2. The van der Waals surface area contributed by atoms with Gasteiger partial charge in [-0.3, -0.25) is 9.59 Å². The molecule has 3 aliphatic heterocycles. The van der Waals surface area contributed by atoms with Crippen LogP contribution >= 0.6 is 0 Å². The van der Waals surface area contributed by atoms with E-state index in [1.165, 1.54) is 18.6 Å². The highest BCUT2D eigenvalue weighted by Gasteiger charge is 2.33. The second-order valence-corrected chi connectivity index (χ2v) is 9.00. The zero-order chi connectivity index (χ0) is 22.1. The summed E-state index contributed by atoms with van der Waals surface area (Å²) in [5.74, 6) is -0.0853. The van der Waals surface area contributed by atoms with Crippen LogP contribution < -0.4 is 0 Å². The number of carbonyl (C=O) groups excluding carboxylic acids is 2. The lowest BCUT2D eigenvalue weighted by molar-refractivity contribution is -0.137. The molecule has 0 spiro atoms. The lowest BCUT2D eigenvalue weighted by Gasteiger charge is -2.35. The molecule has 0 saturated carbocycles. The monoisotopic (exact) mass is 440 g/mol. The van der Waals surface area contributed by atoms with E-state index in [0.29, 0.717) is 38.2 Å². The van der Waals surface area contributed by atoms with E-state index >= 15 is 0 Å². The molecular weight excluding hydrogens is 411 g/mol. The number of hydrogen-bond donors (Lipinski definition) is 0. The molecule has 1 atom stereocenters. The van der Waals surface area contributed by atoms with Gasteiger partial charge in [-0.05, 0) is 49.8 Å². The minimum Gasteiger partial charge on any atom is -0.365 e. The standard InChI is InChI=1S/C24H29FN4O3/c25-19-6-4-17(5-7-19)21-14-29-16-26-22(20(29)15-32-21)24(31)28-12-8-18(9-13-28)23(30)27-10-2-1-3-11-27/h4-7,16,18,21H,1-3,8-15H2/t21-/m1/s1. The largest absolute Gasteiger partial charge is 0.365 e. The Morgan fingerprint density at radius 2 is 1.69 bits per heavy atom. The van der Waals surface area contributed by atoms with Gasteiger partial charge in [-0.25, -0.2) is 9.37 Å². The number of piperidine rings is 2. The van der Waals surface area contributed by atoms with Crippen LogP contribution in [0, 0.1) is 11.7 Å². The van der Waals surface area contributed by atoms with E-state index in [1.54, 1.807) is 18.5 Å². The Labute approximate surface area is 187 Å². The highest BCUT2D eigenvalue weighted by molar-refractivity contribution is 5.93. The third-order valence-corrected chi connectivity index (χ3v) is 6.97. The van der Waals surface area contributed by atoms with Crippen molar-refractivity contribution in [3.05, 3.63) is 53.4 Å². The Morgan fingerprint density at radius 1 is 0.969 bits per heavy atom. The van der Waals surface area contributed by atoms with Gasteiger partial charge in [0.15, 0.2) is 5.69 Å². The number of halogens is 1. The molecule has 0 aliphatic carbocycles. The third-order valence-electron chi connectivity index (χ3n) is 6.97. The smallest absolute Gasteiger partial charge is 0.274 e. The lowest BCUT2D eigenvalue weighted by Crippen LogP contribution is -2.46. The lowest BCUT2D eigenvalue weighted by atomic mass is 9.94. The van der Waals surface area contributed by atoms with Crippen molar-refractivity contribution in [2.45, 2.75) is 51.4 Å². The summed E-state index contributed by atoms with van der Waals surface area (Å²) in [6.45, 7) is 3.72. The van der Waals surface area contributed by atoms with Gasteiger partial charge in [0.05, 0.1) is 25.2 Å². The van der Waals surface area contributed by atoms with Gasteiger partial charge in [0, 0.05) is 32.1 Å². The molecular formula is C24H29FN4O3. The van der Waals surface area contributed by atoms with Crippen molar-refractivity contribution < 1.29 is 18.7 Å². The van der Waals surface area contributed by atoms with Crippen molar-refractivity contribution in [1.82, 2.24) is 19.4 Å². The summed E-state index contributed by atoms with van der Waals surface area (Å²) in [6, 6.07) is 6.31. The van der Waals surface area contributed by atoms with Gasteiger partial charge in [-0.2, -0.15) is 0 Å². The predicted molar refractivity (Wildman–Crippen MR) is 115 cm³/mol. The van der Waals surface area contributed by atoms with Crippen LogP contribution in [0.2, 0.25) is 0 Å². The summed E-state index contributed by atoms with van der Waals surface area (Å²) in [4.78, 5) is 34.2. The number of likely N-dealkylation sites (tertiary alicyclic amines) is 2. The summed E-state index contributed by atoms with van der Waals surface area (Å²) in [5.41, 5.74) is 2.11. The second-order valence-electron chi connectivity index (χ2n) is 9.00. The van der Waals surface area contributed by atoms with Crippen LogP contribution in [0.15, 0.2) is 30.6 Å². The Balaban J connectivity index is 1.20. The van der Waals surface area contributed by atoms with Gasteiger partial charge >= 0.3 is 0 Å². The SMILES string of the molecule is O=C(c1ncn2c1CO[C@@H](c1ccc(F)cc1)C2)N1CCC(C(=O)N2CCCCC2)CC1. The maximum atomic E-state index is 13.2. The molecule has 0 radical (unpaired) electrons. The maximum Gasteiger partial charge on any atom is 0.274 e. The fourth-order valence-electron chi connectivity index (χ4n) is 5.04. The molecule has 0 unspecified atom stereocenters. The number of carbonyl (C=O) groups is 2. The van der Waals surface area contributed by atoms with Crippen molar-refractivity contribution in [2.24, 2.45) is 5.92 Å². The minimum atomic E-state index is -0.276. The molecule has 2 saturated heterocycles. The fourth-order valence-corrected chi connectivity index (χ4v) is 5.04. The molecule has 0 N–H and O–H groups in total. The zero-order valence-corrected chi connectivity index (χ0v) is 18.2. The molecule has 1 aromatic carbocycles. The van der Waals surface area contributed by atoms with Crippen LogP contribution in [0.25, 0.3) is 0 Å². The summed E-state index contributed by atoms with van der Waals surface area (Å²) in [5, 5.41) is 0. The Bertz CT molecular complexity index is 976. The predicted octanol–water partition coefficient (Wildman–Crippen LogP) is 3.16. The molecule has 8 heteroatoms. The van der Waals surface area contributed by atoms with Gasteiger partial charge in [0.1, 0.15) is 11.9 Å². The summed E-state index contributed by atoms with van der Waals surface area (Å²) < 4.78 is 21.1. The molecule has 7 nitrogen and oxygen atoms in total. The first kappa shape index (κ1) is 21.1. The molecule has 170 valence electrons. The van der Waals surface area contributed by atoms with E-state index in [2.05, 4.69) is 4.98 Å². The van der Waals surface area contributed by atoms with E-state index in [9.17, 15) is 14.0 Å². The molecule has 2 aromatic rings. The number of hydrogen-bond acceptors (Lipinski definition) is 4. The van der Waals surface area contributed by atoms with E-state index in [0.717, 1.165) is 37.2 Å². The van der Waals surface area contributed by atoms with Gasteiger partial charge < -0.3 is 19.1 Å². The van der Waals surface area contributed by atoms with Gasteiger partial charge in [-0.15, -0.1) is 0 Å². The first-order valence-electron chi connectivity index (χ1n) is 11.6. The number of fused-ring (bicyclic) bond motifs is 1. The minimum absolute atomic E-state index is 0.0212. The van der Waals surface area contributed by atoms with Crippen LogP contribution in [0.1, 0.15) is 60.0 Å². The Kier molecular flexibility index (Phi) is 5.95. The average molecular weight is 441 g/mol. The van der Waals surface area contributed by atoms with Crippen molar-refractivity contribution in [3.63, 3.8) is 0 Å². The van der Waals surface area contributed by atoms with Crippen LogP contribution in [0.5, 0.6) is 0 Å². The van der Waals surface area contributed by atoms with E-state index in [4.69, 9.17) is 4.74 Å². The number of imidazole rings is 1. The quantitative estimate of drug-likeness (QED) is 0.735. The van der Waals surface area contributed by atoms with Crippen LogP contribution in [-0.4, -0.2) is 57.3 Å². The number of amides is 2. The van der Waals surface area contributed by atoms with E-state index in [-0.39, 0.29) is 36.3 Å². The molecule has 4 heterocycles. The molecule has 1 aromatic heterocycles. The molecule has 0 bridgehead atoms. The topological polar surface area (TPSA) is 67.7 Å². The molecule has 5 rings (SSSR count). The Hall–Kier alpha value is -2.74. The fraction of sp³-hybridized carbons (Fsp3) is 0.542. The second kappa shape index (κ2) is 9.02. The van der Waals surface area contributed by atoms with Gasteiger partial charge in [0.2, 0.25) is 5.91 Å². The zero-order valence-electron chi connectivity index (χ0n) is 18.2. The van der Waals surface area contributed by atoms with E-state index < -0.39 is 0 Å². The number of ether oxygens (including phenoxy) is 1. The number of rotatable bonds is 3. The van der Waals surface area contributed by atoms with Gasteiger partial charge in [-0.1, -0.05) is 12.1 Å². The third kappa shape index (κ3) is 4.16. The van der Waals surface area contributed by atoms with Crippen LogP contribution in [0.4, 0.5) is 4.39 Å². The summed E-state index contributed by atoms with van der Waals surface area (Å²) in [7, 11) is 0. The summed E-state index contributed by atoms with van der Waals surface area (Å²) in [6.07, 6.45) is 6.31. The van der Waals surface area contributed by atoms with Crippen molar-refractivity contribution in [2.75, 3.05) is 26.2 Å². The van der Waals surface area contributed by atoms with Gasteiger partial charge in [0.25, 0.3) is 5.91 Å². The molecule has 3 aliphatic rings. The van der Waals surface area contributed by atoms with Crippen molar-refractivity contribution >= 4 is 11.8 Å². The first-order valence-corrected chi connectivity index (χ1v) is 11.6. The molecule has 2 amide bonds. The van der Waals surface area contributed by atoms with Crippen molar-refractivity contribution in [3.8, 4) is 0 Å². The maximum absolute atomic E-state index is 13.2. The number of nitrogens with zero attached hydrogens (tertiary/aromatic N) is 4. The highest BCUT2D eigenvalue weighted by Crippen LogP contribution is 2.29. The van der Waals surface area contributed by atoms with Crippen LogP contribution in [-0.2, 0) is 22.7 Å². The first-order chi connectivity index (χ1) is 15.6. The highest BCUT2D eigenvalue weighted by atomic mass is 19.1. The Morgan fingerprint density at radius 3 is 2.41 bits per heavy atom. The average Bonchev–Trinajstić information content (AvgIpc) is 3.27. The normalized spacial score (nSPS) is 22.0. The number of benzene rings is 1. The summed E-state index contributed by atoms with van der Waals surface area (Å²) >= 11 is 0. The van der Waals surface area contributed by atoms with E-state index in [1.807, 2.05) is 14.4 Å². The van der Waals surface area contributed by atoms with Crippen molar-refractivity contribution in [1.29, 1.82) is 0 Å². The molecule has 32 heavy (non-hydrogen) atoms. The van der Waals surface area contributed by atoms with Crippen LogP contribution in [0.3, 0.4) is 0 Å².